The number of nitrogens with one attached hydrogen (secondary N) is 1. The maximum absolute atomic E-state index is 12.5. The quantitative estimate of drug-likeness (QED) is 0.780. The van der Waals surface area contributed by atoms with Gasteiger partial charge in [0.2, 0.25) is 20.0 Å². The molecule has 0 atom stereocenters. The third-order valence-electron chi connectivity index (χ3n) is 4.04. The van der Waals surface area contributed by atoms with Crippen LogP contribution in [-0.2, 0) is 26.6 Å². The second kappa shape index (κ2) is 7.87. The molecular formula is C18H24N2O4S2. The molecule has 142 valence electrons. The minimum Gasteiger partial charge on any atom is -0.207 e. The smallest absolute Gasteiger partial charge is 0.207 e. The van der Waals surface area contributed by atoms with Crippen molar-refractivity contribution < 1.29 is 16.8 Å². The third-order valence-corrected chi connectivity index (χ3v) is 7.37. The maximum Gasteiger partial charge on any atom is 0.242 e. The number of rotatable bonds is 7. The van der Waals surface area contributed by atoms with Gasteiger partial charge in [-0.2, -0.15) is 0 Å². The Morgan fingerprint density at radius 1 is 0.923 bits per heavy atom. The molecule has 6 nitrogen and oxygen atoms in total. The fourth-order valence-corrected chi connectivity index (χ4v) is 4.51. The lowest BCUT2D eigenvalue weighted by Gasteiger charge is -2.15. The van der Waals surface area contributed by atoms with Gasteiger partial charge in [0.1, 0.15) is 0 Å². The van der Waals surface area contributed by atoms with Gasteiger partial charge in [-0.3, -0.25) is 0 Å². The van der Waals surface area contributed by atoms with Gasteiger partial charge in [0.15, 0.2) is 0 Å². The van der Waals surface area contributed by atoms with Crippen LogP contribution in [0, 0.1) is 0 Å². The average molecular weight is 397 g/mol. The van der Waals surface area contributed by atoms with E-state index in [0.717, 1.165) is 9.87 Å². The molecule has 0 bridgehead atoms. The van der Waals surface area contributed by atoms with Crippen molar-refractivity contribution in [2.45, 2.75) is 36.1 Å². The molecular weight excluding hydrogens is 372 g/mol. The maximum atomic E-state index is 12.5. The highest BCUT2D eigenvalue weighted by Gasteiger charge is 2.22. The summed E-state index contributed by atoms with van der Waals surface area (Å²) in [5.74, 6) is 0.308. The Morgan fingerprint density at radius 2 is 1.50 bits per heavy atom. The summed E-state index contributed by atoms with van der Waals surface area (Å²) in [5.41, 5.74) is 1.44. The molecule has 2 rings (SSSR count). The van der Waals surface area contributed by atoms with Gasteiger partial charge in [-0.15, -0.1) is 0 Å². The number of sulfonamides is 2. The Bertz CT molecular complexity index is 965. The minimum atomic E-state index is -3.74. The first-order valence-corrected chi connectivity index (χ1v) is 11.1. The summed E-state index contributed by atoms with van der Waals surface area (Å²) in [4.78, 5) is 0.234. The molecule has 0 heterocycles. The third kappa shape index (κ3) is 4.50. The standard InChI is InChI=1S/C18H24N2O4S2/c1-14(2)15-9-11-17(12-10-15)25(21,22)19-13-16-7-5-6-8-18(16)26(23,24)20(3)4/h5-12,14,19H,13H2,1-4H3. The van der Waals surface area contributed by atoms with Gasteiger partial charge in [0.25, 0.3) is 0 Å². The van der Waals surface area contributed by atoms with E-state index in [-0.39, 0.29) is 16.3 Å². The Hall–Kier alpha value is -1.74. The summed E-state index contributed by atoms with van der Waals surface area (Å²) >= 11 is 0. The van der Waals surface area contributed by atoms with E-state index < -0.39 is 20.0 Å². The van der Waals surface area contributed by atoms with Crippen molar-refractivity contribution in [1.82, 2.24) is 9.03 Å². The second-order valence-corrected chi connectivity index (χ2v) is 10.3. The predicted octanol–water partition coefficient (Wildman–Crippen LogP) is 2.54. The Kier molecular flexibility index (Phi) is 6.23. The van der Waals surface area contributed by atoms with E-state index >= 15 is 0 Å². The zero-order valence-electron chi connectivity index (χ0n) is 15.3. The first-order valence-electron chi connectivity index (χ1n) is 8.16. The predicted molar refractivity (Wildman–Crippen MR) is 102 cm³/mol. The molecule has 0 spiro atoms. The molecule has 0 aliphatic rings. The van der Waals surface area contributed by atoms with E-state index in [9.17, 15) is 16.8 Å². The summed E-state index contributed by atoms with van der Waals surface area (Å²) in [6, 6.07) is 13.0. The molecule has 0 saturated heterocycles. The fourth-order valence-electron chi connectivity index (χ4n) is 2.39. The molecule has 0 radical (unpaired) electrons. The number of nitrogens with zero attached hydrogens (tertiary/aromatic N) is 1. The molecule has 2 aromatic carbocycles. The molecule has 0 aromatic heterocycles. The van der Waals surface area contributed by atoms with Crippen molar-refractivity contribution >= 4 is 20.0 Å². The van der Waals surface area contributed by atoms with Gasteiger partial charge < -0.3 is 0 Å². The summed E-state index contributed by atoms with van der Waals surface area (Å²) in [6.07, 6.45) is 0. The fraction of sp³-hybridized carbons (Fsp3) is 0.333. The van der Waals surface area contributed by atoms with Crippen LogP contribution in [0.15, 0.2) is 58.3 Å². The second-order valence-electron chi connectivity index (χ2n) is 6.44. The van der Waals surface area contributed by atoms with Crippen LogP contribution in [0.2, 0.25) is 0 Å². The SMILES string of the molecule is CC(C)c1ccc(S(=O)(=O)NCc2ccccc2S(=O)(=O)N(C)C)cc1. The van der Waals surface area contributed by atoms with E-state index in [1.54, 1.807) is 42.5 Å². The summed E-state index contributed by atoms with van der Waals surface area (Å²) in [7, 11) is -4.52. The lowest BCUT2D eigenvalue weighted by Crippen LogP contribution is -2.27. The zero-order valence-corrected chi connectivity index (χ0v) is 16.9. The van der Waals surface area contributed by atoms with Crippen LogP contribution < -0.4 is 4.72 Å². The normalized spacial score (nSPS) is 12.7. The van der Waals surface area contributed by atoms with Crippen molar-refractivity contribution in [3.63, 3.8) is 0 Å². The molecule has 0 aliphatic carbocycles. The van der Waals surface area contributed by atoms with Crippen molar-refractivity contribution in [2.75, 3.05) is 14.1 Å². The van der Waals surface area contributed by atoms with Crippen molar-refractivity contribution in [1.29, 1.82) is 0 Å². The molecule has 0 saturated carbocycles. The highest BCUT2D eigenvalue weighted by Crippen LogP contribution is 2.20. The molecule has 26 heavy (non-hydrogen) atoms. The van der Waals surface area contributed by atoms with Crippen molar-refractivity contribution in [2.24, 2.45) is 0 Å². The number of hydrogen-bond acceptors (Lipinski definition) is 4. The van der Waals surface area contributed by atoms with Crippen LogP contribution in [0.25, 0.3) is 0 Å². The lowest BCUT2D eigenvalue weighted by atomic mass is 10.0. The van der Waals surface area contributed by atoms with Gasteiger partial charge >= 0.3 is 0 Å². The van der Waals surface area contributed by atoms with Crippen LogP contribution >= 0.6 is 0 Å². The van der Waals surface area contributed by atoms with Crippen LogP contribution in [0.5, 0.6) is 0 Å². The van der Waals surface area contributed by atoms with Gasteiger partial charge in [-0.1, -0.05) is 44.2 Å². The largest absolute Gasteiger partial charge is 0.242 e. The summed E-state index contributed by atoms with van der Waals surface area (Å²) in [5, 5.41) is 0. The highest BCUT2D eigenvalue weighted by atomic mass is 32.2. The van der Waals surface area contributed by atoms with Gasteiger partial charge in [-0.25, -0.2) is 25.9 Å². The summed E-state index contributed by atoms with van der Waals surface area (Å²) in [6.45, 7) is 3.95. The minimum absolute atomic E-state index is 0.0860. The van der Waals surface area contributed by atoms with Crippen molar-refractivity contribution in [3.8, 4) is 0 Å². The first kappa shape index (κ1) is 20.6. The lowest BCUT2D eigenvalue weighted by molar-refractivity contribution is 0.519. The molecule has 0 aliphatic heterocycles. The molecule has 0 unspecified atom stereocenters. The Morgan fingerprint density at radius 3 is 2.04 bits per heavy atom. The zero-order chi connectivity index (χ0) is 19.5. The van der Waals surface area contributed by atoms with Gasteiger partial charge in [0.05, 0.1) is 9.79 Å². The number of benzene rings is 2. The molecule has 8 heteroatoms. The van der Waals surface area contributed by atoms with Crippen LogP contribution in [-0.4, -0.2) is 35.2 Å². The van der Waals surface area contributed by atoms with Crippen molar-refractivity contribution in [3.05, 3.63) is 59.7 Å². The van der Waals surface area contributed by atoms with E-state index in [2.05, 4.69) is 4.72 Å². The molecule has 1 N–H and O–H groups in total. The van der Waals surface area contributed by atoms with E-state index in [1.165, 1.54) is 20.2 Å². The van der Waals surface area contributed by atoms with Crippen LogP contribution in [0.3, 0.4) is 0 Å². The van der Waals surface area contributed by atoms with Crippen LogP contribution in [0.4, 0.5) is 0 Å². The van der Waals surface area contributed by atoms with Crippen LogP contribution in [0.1, 0.15) is 30.9 Å². The van der Waals surface area contributed by atoms with E-state index in [4.69, 9.17) is 0 Å². The molecule has 0 amide bonds. The summed E-state index contributed by atoms with van der Waals surface area (Å²) < 4.78 is 53.4. The van der Waals surface area contributed by atoms with E-state index in [1.807, 2.05) is 13.8 Å². The average Bonchev–Trinajstić information content (AvgIpc) is 2.60. The Labute approximate surface area is 156 Å². The first-order chi connectivity index (χ1) is 12.1. The monoisotopic (exact) mass is 396 g/mol. The molecule has 2 aromatic rings. The van der Waals surface area contributed by atoms with Gasteiger partial charge in [-0.05, 0) is 35.2 Å². The number of hydrogen-bond donors (Lipinski definition) is 1. The molecule has 0 fully saturated rings. The highest BCUT2D eigenvalue weighted by molar-refractivity contribution is 7.89. The van der Waals surface area contributed by atoms with E-state index in [0.29, 0.717) is 11.5 Å². The van der Waals surface area contributed by atoms with Gasteiger partial charge in [0, 0.05) is 20.6 Å². The topological polar surface area (TPSA) is 83.5 Å². The Balaban J connectivity index is 2.26.